The first-order chi connectivity index (χ1) is 9.14. The molecule has 1 atom stereocenters. The predicted octanol–water partition coefficient (Wildman–Crippen LogP) is 0.0438. The Bertz CT molecular complexity index is 410. The molecule has 2 fully saturated rings. The Morgan fingerprint density at radius 1 is 1.42 bits per heavy atom. The van der Waals surface area contributed by atoms with Crippen molar-refractivity contribution < 1.29 is 14.3 Å². The SMILES string of the molecule is CNC(=O)C1CCCN1C(=O)C1(C#N)CCOCC1. The zero-order chi connectivity index (χ0) is 13.9. The molecule has 2 saturated heterocycles. The molecule has 0 radical (unpaired) electrons. The van der Waals surface area contributed by atoms with Gasteiger partial charge in [0.2, 0.25) is 11.8 Å². The van der Waals surface area contributed by atoms with Gasteiger partial charge in [-0.1, -0.05) is 0 Å². The molecule has 2 amide bonds. The van der Waals surface area contributed by atoms with Crippen LogP contribution in [0.25, 0.3) is 0 Å². The molecule has 0 bridgehead atoms. The number of likely N-dealkylation sites (N-methyl/N-ethyl adjacent to an activating group) is 1. The van der Waals surface area contributed by atoms with Crippen molar-refractivity contribution in [3.63, 3.8) is 0 Å². The molecule has 0 aliphatic carbocycles. The van der Waals surface area contributed by atoms with Crippen molar-refractivity contribution >= 4 is 11.8 Å². The molecule has 0 spiro atoms. The van der Waals surface area contributed by atoms with E-state index >= 15 is 0 Å². The van der Waals surface area contributed by atoms with E-state index in [0.717, 1.165) is 6.42 Å². The van der Waals surface area contributed by atoms with Crippen molar-refractivity contribution in [2.75, 3.05) is 26.8 Å². The van der Waals surface area contributed by atoms with E-state index in [1.54, 1.807) is 11.9 Å². The quantitative estimate of drug-likeness (QED) is 0.764. The number of likely N-dealkylation sites (tertiary alicyclic amines) is 1. The summed E-state index contributed by atoms with van der Waals surface area (Å²) < 4.78 is 5.23. The molecule has 6 heteroatoms. The molecule has 2 aliphatic rings. The number of rotatable bonds is 2. The summed E-state index contributed by atoms with van der Waals surface area (Å²) >= 11 is 0. The molecule has 2 heterocycles. The molecular weight excluding hydrogens is 246 g/mol. The van der Waals surface area contributed by atoms with Crippen molar-refractivity contribution in [1.29, 1.82) is 5.26 Å². The lowest BCUT2D eigenvalue weighted by Gasteiger charge is -2.35. The summed E-state index contributed by atoms with van der Waals surface area (Å²) in [6, 6.07) is 1.74. The fourth-order valence-electron chi connectivity index (χ4n) is 2.82. The summed E-state index contributed by atoms with van der Waals surface area (Å²) in [5, 5.41) is 12.0. The predicted molar refractivity (Wildman–Crippen MR) is 66.9 cm³/mol. The minimum Gasteiger partial charge on any atom is -0.381 e. The Hall–Kier alpha value is -1.61. The highest BCUT2D eigenvalue weighted by atomic mass is 16.5. The van der Waals surface area contributed by atoms with Crippen molar-refractivity contribution in [2.45, 2.75) is 31.7 Å². The van der Waals surface area contributed by atoms with Crippen LogP contribution in [0.3, 0.4) is 0 Å². The van der Waals surface area contributed by atoms with Crippen molar-refractivity contribution in [3.05, 3.63) is 0 Å². The van der Waals surface area contributed by atoms with Crippen LogP contribution in [0, 0.1) is 16.7 Å². The van der Waals surface area contributed by atoms with Gasteiger partial charge in [0.25, 0.3) is 0 Å². The third-order valence-corrected chi connectivity index (χ3v) is 4.03. The number of hydrogen-bond acceptors (Lipinski definition) is 4. The number of carbonyl (C=O) groups is 2. The molecule has 6 nitrogen and oxygen atoms in total. The monoisotopic (exact) mass is 265 g/mol. The minimum atomic E-state index is -1.01. The normalized spacial score (nSPS) is 25.7. The summed E-state index contributed by atoms with van der Waals surface area (Å²) in [6.45, 7) is 1.41. The topological polar surface area (TPSA) is 82.4 Å². The van der Waals surface area contributed by atoms with Gasteiger partial charge >= 0.3 is 0 Å². The maximum atomic E-state index is 12.7. The highest BCUT2D eigenvalue weighted by molar-refractivity contribution is 5.92. The lowest BCUT2D eigenvalue weighted by Crippen LogP contribution is -2.51. The van der Waals surface area contributed by atoms with Gasteiger partial charge in [-0.3, -0.25) is 9.59 Å². The average molecular weight is 265 g/mol. The first-order valence-corrected chi connectivity index (χ1v) is 6.66. The van der Waals surface area contributed by atoms with Gasteiger partial charge in [-0.2, -0.15) is 5.26 Å². The molecule has 19 heavy (non-hydrogen) atoms. The first-order valence-electron chi connectivity index (χ1n) is 6.66. The van der Waals surface area contributed by atoms with Gasteiger partial charge in [0.1, 0.15) is 11.5 Å². The zero-order valence-electron chi connectivity index (χ0n) is 11.1. The maximum Gasteiger partial charge on any atom is 0.243 e. The van der Waals surface area contributed by atoms with Crippen LogP contribution >= 0.6 is 0 Å². The van der Waals surface area contributed by atoms with Crippen LogP contribution < -0.4 is 5.32 Å². The van der Waals surface area contributed by atoms with Crippen LogP contribution in [0.15, 0.2) is 0 Å². The van der Waals surface area contributed by atoms with E-state index in [-0.39, 0.29) is 11.8 Å². The second-order valence-corrected chi connectivity index (χ2v) is 5.08. The zero-order valence-corrected chi connectivity index (χ0v) is 11.1. The van der Waals surface area contributed by atoms with Gasteiger partial charge < -0.3 is 15.0 Å². The van der Waals surface area contributed by atoms with E-state index in [1.165, 1.54) is 0 Å². The number of ether oxygens (including phenoxy) is 1. The number of hydrogen-bond donors (Lipinski definition) is 1. The number of nitriles is 1. The third-order valence-electron chi connectivity index (χ3n) is 4.03. The summed E-state index contributed by atoms with van der Waals surface area (Å²) in [6.07, 6.45) is 2.31. The van der Waals surface area contributed by atoms with E-state index in [9.17, 15) is 14.9 Å². The van der Waals surface area contributed by atoms with E-state index in [4.69, 9.17) is 4.74 Å². The summed E-state index contributed by atoms with van der Waals surface area (Å²) in [7, 11) is 1.57. The number of nitrogens with zero attached hydrogens (tertiary/aromatic N) is 2. The van der Waals surface area contributed by atoms with Gasteiger partial charge in [0, 0.05) is 26.8 Å². The molecular formula is C13H19N3O3. The van der Waals surface area contributed by atoms with Crippen LogP contribution in [0.4, 0.5) is 0 Å². The lowest BCUT2D eigenvalue weighted by molar-refractivity contribution is -0.147. The molecule has 104 valence electrons. The standard InChI is InChI=1S/C13H19N3O3/c1-15-11(17)10-3-2-6-16(10)12(18)13(9-14)4-7-19-8-5-13/h10H,2-8H2,1H3,(H,15,17). The molecule has 0 aromatic carbocycles. The molecule has 0 aromatic rings. The summed E-state index contributed by atoms with van der Waals surface area (Å²) in [5.41, 5.74) is -1.01. The van der Waals surface area contributed by atoms with Gasteiger partial charge in [-0.05, 0) is 25.7 Å². The number of carbonyl (C=O) groups excluding carboxylic acids is 2. The Balaban J connectivity index is 2.18. The second-order valence-electron chi connectivity index (χ2n) is 5.08. The fourth-order valence-corrected chi connectivity index (χ4v) is 2.82. The third kappa shape index (κ3) is 2.43. The van der Waals surface area contributed by atoms with Crippen molar-refractivity contribution in [2.24, 2.45) is 5.41 Å². The van der Waals surface area contributed by atoms with E-state index < -0.39 is 11.5 Å². The Labute approximate surface area is 112 Å². The minimum absolute atomic E-state index is 0.147. The van der Waals surface area contributed by atoms with Crippen molar-refractivity contribution in [1.82, 2.24) is 10.2 Å². The molecule has 2 aliphatic heterocycles. The van der Waals surface area contributed by atoms with E-state index in [0.29, 0.717) is 39.0 Å². The van der Waals surface area contributed by atoms with Crippen LogP contribution in [0.2, 0.25) is 0 Å². The van der Waals surface area contributed by atoms with Crippen LogP contribution in [0.5, 0.6) is 0 Å². The molecule has 2 rings (SSSR count). The Morgan fingerprint density at radius 3 is 2.68 bits per heavy atom. The average Bonchev–Trinajstić information content (AvgIpc) is 2.95. The second kappa shape index (κ2) is 5.57. The highest BCUT2D eigenvalue weighted by Gasteiger charge is 2.47. The van der Waals surface area contributed by atoms with E-state index in [2.05, 4.69) is 11.4 Å². The van der Waals surface area contributed by atoms with Gasteiger partial charge in [-0.15, -0.1) is 0 Å². The summed E-state index contributed by atoms with van der Waals surface area (Å²) in [5.74, 6) is -0.351. The maximum absolute atomic E-state index is 12.7. The lowest BCUT2D eigenvalue weighted by atomic mass is 9.80. The molecule has 0 aromatic heterocycles. The first kappa shape index (κ1) is 13.8. The summed E-state index contributed by atoms with van der Waals surface area (Å²) in [4.78, 5) is 26.0. The van der Waals surface area contributed by atoms with Gasteiger partial charge in [0.05, 0.1) is 6.07 Å². The molecule has 0 saturated carbocycles. The Morgan fingerprint density at radius 2 is 2.11 bits per heavy atom. The molecule has 1 unspecified atom stereocenters. The number of nitrogens with one attached hydrogen (secondary N) is 1. The Kier molecular flexibility index (Phi) is 4.05. The van der Waals surface area contributed by atoms with Crippen LogP contribution in [0.1, 0.15) is 25.7 Å². The number of amides is 2. The van der Waals surface area contributed by atoms with Gasteiger partial charge in [-0.25, -0.2) is 0 Å². The van der Waals surface area contributed by atoms with Crippen LogP contribution in [-0.2, 0) is 14.3 Å². The van der Waals surface area contributed by atoms with Gasteiger partial charge in [0.15, 0.2) is 0 Å². The fraction of sp³-hybridized carbons (Fsp3) is 0.769. The van der Waals surface area contributed by atoms with Crippen LogP contribution in [-0.4, -0.2) is 49.6 Å². The largest absolute Gasteiger partial charge is 0.381 e. The van der Waals surface area contributed by atoms with E-state index in [1.807, 2.05) is 0 Å². The molecule has 1 N–H and O–H groups in total. The smallest absolute Gasteiger partial charge is 0.243 e. The highest BCUT2D eigenvalue weighted by Crippen LogP contribution is 2.34. The van der Waals surface area contributed by atoms with Crippen molar-refractivity contribution in [3.8, 4) is 6.07 Å².